The molecule has 202 valence electrons. The Hall–Kier alpha value is -2.62. The molecule has 7 nitrogen and oxygen atoms in total. The smallest absolute Gasteiger partial charge is 0.341 e. The number of thiophene rings is 1. The predicted molar refractivity (Wildman–Crippen MR) is 151 cm³/mol. The van der Waals surface area contributed by atoms with E-state index in [4.69, 9.17) is 44.4 Å². The lowest BCUT2D eigenvalue weighted by Gasteiger charge is -2.29. The Kier molecular flexibility index (Phi) is 7.10. The van der Waals surface area contributed by atoms with Crippen molar-refractivity contribution in [3.8, 4) is 0 Å². The predicted octanol–water partition coefficient (Wildman–Crippen LogP) is 6.81. The zero-order valence-electron chi connectivity index (χ0n) is 20.8. The number of halogens is 3. The summed E-state index contributed by atoms with van der Waals surface area (Å²) in [6.45, 7) is 1.92. The molecule has 1 aliphatic carbocycles. The van der Waals surface area contributed by atoms with Crippen molar-refractivity contribution >= 4 is 74.6 Å². The first-order chi connectivity index (χ1) is 18.8. The van der Waals surface area contributed by atoms with E-state index in [-0.39, 0.29) is 6.61 Å². The van der Waals surface area contributed by atoms with Crippen LogP contribution in [0.1, 0.15) is 52.2 Å². The minimum Gasteiger partial charge on any atom is -0.462 e. The van der Waals surface area contributed by atoms with Crippen LogP contribution >= 0.6 is 46.1 Å². The Bertz CT molecular complexity index is 1490. The Morgan fingerprint density at radius 1 is 1.03 bits per heavy atom. The Morgan fingerprint density at radius 2 is 1.74 bits per heavy atom. The second-order valence-electron chi connectivity index (χ2n) is 9.59. The number of rotatable bonds is 5. The highest BCUT2D eigenvalue weighted by Gasteiger charge is 2.61. The number of anilines is 2. The number of hydrogen-bond donors (Lipinski definition) is 0. The molecular weight excluding hydrogens is 583 g/mol. The van der Waals surface area contributed by atoms with Crippen LogP contribution in [0.3, 0.4) is 0 Å². The first kappa shape index (κ1) is 26.6. The number of carbonyl (C=O) groups excluding carboxylic acids is 3. The molecule has 3 atom stereocenters. The first-order valence-corrected chi connectivity index (χ1v) is 14.6. The van der Waals surface area contributed by atoms with Gasteiger partial charge in [0.15, 0.2) is 6.10 Å². The number of benzene rings is 2. The zero-order valence-corrected chi connectivity index (χ0v) is 23.9. The van der Waals surface area contributed by atoms with E-state index >= 15 is 0 Å². The maximum absolute atomic E-state index is 14.2. The van der Waals surface area contributed by atoms with Gasteiger partial charge in [0, 0.05) is 19.9 Å². The normalized spacial score (nSPS) is 22.3. The van der Waals surface area contributed by atoms with Gasteiger partial charge in [-0.1, -0.05) is 40.9 Å². The van der Waals surface area contributed by atoms with Crippen LogP contribution in [0.25, 0.3) is 0 Å². The molecule has 6 rings (SSSR count). The van der Waals surface area contributed by atoms with Crippen LogP contribution in [0.15, 0.2) is 42.5 Å². The third kappa shape index (κ3) is 4.43. The standard InChI is InChI=1S/C28H23Cl3N2O5S/c1-2-37-28(36)21-18-5-3-4-6-20(18)39-27(21)32-25(34)22-23(17-12-9-15(30)13-19(17)31)33(38-24(22)26(32)35)16-10-7-14(29)8-11-16/h7-13,22-24H,2-6H2,1H3/t22-,23+,24-/m0/s1. The van der Waals surface area contributed by atoms with Gasteiger partial charge in [-0.15, -0.1) is 11.3 Å². The molecule has 11 heteroatoms. The highest BCUT2D eigenvalue weighted by molar-refractivity contribution is 7.17. The molecule has 3 aliphatic rings. The summed E-state index contributed by atoms with van der Waals surface area (Å²) in [5, 5.41) is 3.17. The number of carbonyl (C=O) groups is 3. The fourth-order valence-corrected chi connectivity index (χ4v) is 7.64. The van der Waals surface area contributed by atoms with E-state index in [0.717, 1.165) is 34.6 Å². The molecule has 0 spiro atoms. The quantitative estimate of drug-likeness (QED) is 0.235. The Labute approximate surface area is 244 Å². The van der Waals surface area contributed by atoms with E-state index in [1.165, 1.54) is 11.3 Å². The summed E-state index contributed by atoms with van der Waals surface area (Å²) in [5.74, 6) is -2.42. The summed E-state index contributed by atoms with van der Waals surface area (Å²) < 4.78 is 5.36. The van der Waals surface area contributed by atoms with E-state index in [1.54, 1.807) is 54.5 Å². The number of amides is 2. The van der Waals surface area contributed by atoms with Gasteiger partial charge in [0.25, 0.3) is 5.91 Å². The van der Waals surface area contributed by atoms with E-state index in [0.29, 0.717) is 43.3 Å². The number of ether oxygens (including phenoxy) is 1. The maximum atomic E-state index is 14.2. The second kappa shape index (κ2) is 10.4. The van der Waals surface area contributed by atoms with Crippen molar-refractivity contribution in [2.24, 2.45) is 5.92 Å². The number of hydroxylamine groups is 1. The largest absolute Gasteiger partial charge is 0.462 e. The highest BCUT2D eigenvalue weighted by atomic mass is 35.5. The zero-order chi connectivity index (χ0) is 27.4. The lowest BCUT2D eigenvalue weighted by atomic mass is 9.90. The summed E-state index contributed by atoms with van der Waals surface area (Å²) in [5.41, 5.74) is 2.38. The van der Waals surface area contributed by atoms with Gasteiger partial charge in [0.2, 0.25) is 5.91 Å². The molecule has 39 heavy (non-hydrogen) atoms. The van der Waals surface area contributed by atoms with Gasteiger partial charge in [-0.05, 0) is 80.1 Å². The van der Waals surface area contributed by atoms with Crippen LogP contribution in [-0.2, 0) is 32.0 Å². The van der Waals surface area contributed by atoms with Gasteiger partial charge in [0.05, 0.1) is 23.9 Å². The summed E-state index contributed by atoms with van der Waals surface area (Å²) in [6.07, 6.45) is 2.29. The molecule has 0 N–H and O–H groups in total. The first-order valence-electron chi connectivity index (χ1n) is 12.7. The molecule has 2 amide bonds. The van der Waals surface area contributed by atoms with Gasteiger partial charge in [-0.2, -0.15) is 0 Å². The molecule has 0 saturated carbocycles. The second-order valence-corrected chi connectivity index (χ2v) is 12.0. The van der Waals surface area contributed by atoms with Crippen molar-refractivity contribution in [3.05, 3.63) is 79.1 Å². The fourth-order valence-electron chi connectivity index (χ4n) is 5.61. The molecule has 2 fully saturated rings. The van der Waals surface area contributed by atoms with Gasteiger partial charge < -0.3 is 4.74 Å². The van der Waals surface area contributed by atoms with Crippen LogP contribution in [-0.4, -0.2) is 30.5 Å². The van der Waals surface area contributed by atoms with Gasteiger partial charge >= 0.3 is 5.97 Å². The minimum absolute atomic E-state index is 0.187. The number of esters is 1. The van der Waals surface area contributed by atoms with E-state index in [9.17, 15) is 14.4 Å². The topological polar surface area (TPSA) is 76.2 Å². The van der Waals surface area contributed by atoms with Crippen molar-refractivity contribution in [2.45, 2.75) is 44.8 Å². The van der Waals surface area contributed by atoms with E-state index < -0.39 is 35.8 Å². The Balaban J connectivity index is 1.46. The summed E-state index contributed by atoms with van der Waals surface area (Å²) in [7, 11) is 0. The average molecular weight is 606 g/mol. The van der Waals surface area contributed by atoms with Crippen molar-refractivity contribution in [2.75, 3.05) is 16.6 Å². The van der Waals surface area contributed by atoms with Crippen molar-refractivity contribution in [3.63, 3.8) is 0 Å². The van der Waals surface area contributed by atoms with Gasteiger partial charge in [0.1, 0.15) is 10.9 Å². The number of aryl methyl sites for hydroxylation is 1. The van der Waals surface area contributed by atoms with Crippen molar-refractivity contribution < 1.29 is 24.0 Å². The van der Waals surface area contributed by atoms with Crippen LogP contribution in [0.4, 0.5) is 10.7 Å². The summed E-state index contributed by atoms with van der Waals surface area (Å²) in [6, 6.07) is 11.2. The number of fused-ring (bicyclic) bond motifs is 2. The molecule has 2 aromatic carbocycles. The molecular formula is C28H23Cl3N2O5S. The van der Waals surface area contributed by atoms with Crippen LogP contribution in [0.2, 0.25) is 15.1 Å². The highest BCUT2D eigenvalue weighted by Crippen LogP contribution is 2.51. The van der Waals surface area contributed by atoms with Crippen LogP contribution in [0.5, 0.6) is 0 Å². The van der Waals surface area contributed by atoms with Crippen LogP contribution < -0.4 is 9.96 Å². The number of imide groups is 1. The SMILES string of the molecule is CCOC(=O)c1c(N2C(=O)[C@@H]3[C@H](ON(c4ccc(Cl)cc4)[C@@H]3c3ccc(Cl)cc3Cl)C2=O)sc2c1CCCC2. The average Bonchev–Trinajstić information content (AvgIpc) is 3.55. The third-order valence-electron chi connectivity index (χ3n) is 7.31. The monoisotopic (exact) mass is 604 g/mol. The molecule has 3 heterocycles. The molecule has 3 aromatic rings. The van der Waals surface area contributed by atoms with Gasteiger partial charge in [-0.25, -0.2) is 14.8 Å². The molecule has 1 aromatic heterocycles. The fraction of sp³-hybridized carbons (Fsp3) is 0.321. The summed E-state index contributed by atoms with van der Waals surface area (Å²) in [4.78, 5) is 49.6. The molecule has 0 bridgehead atoms. The number of nitrogens with zero attached hydrogens (tertiary/aromatic N) is 2. The van der Waals surface area contributed by atoms with E-state index in [1.807, 2.05) is 0 Å². The van der Waals surface area contributed by atoms with Gasteiger partial charge in [-0.3, -0.25) is 14.4 Å². The summed E-state index contributed by atoms with van der Waals surface area (Å²) >= 11 is 20.2. The third-order valence-corrected chi connectivity index (χ3v) is 9.40. The molecule has 0 unspecified atom stereocenters. The maximum Gasteiger partial charge on any atom is 0.341 e. The van der Waals surface area contributed by atoms with Crippen molar-refractivity contribution in [1.29, 1.82) is 0 Å². The lowest BCUT2D eigenvalue weighted by Crippen LogP contribution is -2.37. The minimum atomic E-state index is -1.11. The molecule has 2 aliphatic heterocycles. The van der Waals surface area contributed by atoms with Crippen LogP contribution in [0, 0.1) is 5.92 Å². The van der Waals surface area contributed by atoms with E-state index in [2.05, 4.69) is 0 Å². The lowest BCUT2D eigenvalue weighted by molar-refractivity contribution is -0.126. The number of hydrogen-bond acceptors (Lipinski definition) is 7. The Morgan fingerprint density at radius 3 is 2.46 bits per heavy atom. The molecule has 0 radical (unpaired) electrons. The molecule has 2 saturated heterocycles. The van der Waals surface area contributed by atoms with Crippen molar-refractivity contribution in [1.82, 2.24) is 0 Å².